The van der Waals surface area contributed by atoms with Crippen LogP contribution in [0.2, 0.25) is 0 Å². The van der Waals surface area contributed by atoms with Gasteiger partial charge in [-0.25, -0.2) is 0 Å². The average Bonchev–Trinajstić information content (AvgIpc) is 1.71. The molecule has 0 aliphatic heterocycles. The molecule has 3 aromatic carbocycles. The summed E-state index contributed by atoms with van der Waals surface area (Å²) in [5.41, 5.74) is 19.5. The maximum Gasteiger partial charge on any atom is 0.303 e. The fourth-order valence-corrected chi connectivity index (χ4v) is 12.5. The molecule has 32 heteroatoms. The molecule has 12 amide bonds. The van der Waals surface area contributed by atoms with Gasteiger partial charge in [0.05, 0.1) is 25.8 Å². The van der Waals surface area contributed by atoms with Crippen LogP contribution in [0.1, 0.15) is 192 Å². The number of nitrogens with two attached hydrogens (primary N) is 3. The second-order valence-electron chi connectivity index (χ2n) is 28.7. The van der Waals surface area contributed by atoms with Crippen molar-refractivity contribution in [2.45, 2.75) is 255 Å². The van der Waals surface area contributed by atoms with Gasteiger partial charge in [-0.2, -0.15) is 0 Å². The quantitative estimate of drug-likeness (QED) is 0.0281. The SMILES string of the molecule is CCCCCCCCCCCCCCCC(=O)NCC(=O)N[C@@H](CO)C(=O)N[C@@H](CCC(=O)O)C(=O)N[C@@H](CCCCN)C(=O)N[C@@H](CCCCN)C(=O)N[C@@H](Cc1ccc(O)cc1)C(=O)N[C@@H](CC(C)C)C(=O)N[C@@H](Cc1c[nH]c2ccccc12)C(=O)NCC(=O)N[C@@H](Cc1ccccc1)C(=O)N[C@H](C(N)=O)[C@@H](C)O. The number of aromatic nitrogens is 1. The summed E-state index contributed by atoms with van der Waals surface area (Å²) in [6, 6.07) is 7.88. The van der Waals surface area contributed by atoms with Gasteiger partial charge in [-0.1, -0.05) is 158 Å². The molecule has 614 valence electrons. The number of phenols is 1. The molecule has 111 heavy (non-hydrogen) atoms. The first kappa shape index (κ1) is 93.3. The topological polar surface area (TPSA) is 529 Å². The van der Waals surface area contributed by atoms with Gasteiger partial charge in [0.15, 0.2) is 0 Å². The largest absolute Gasteiger partial charge is 0.508 e. The number of aliphatic hydroxyl groups is 2. The van der Waals surface area contributed by atoms with E-state index in [-0.39, 0.29) is 88.5 Å². The Labute approximate surface area is 649 Å². The number of aliphatic carboxylic acids is 1. The van der Waals surface area contributed by atoms with Crippen LogP contribution in [0.15, 0.2) is 85.1 Å². The minimum atomic E-state index is -1.67. The highest BCUT2D eigenvalue weighted by molar-refractivity contribution is 5.99. The lowest BCUT2D eigenvalue weighted by molar-refractivity contribution is -0.139. The van der Waals surface area contributed by atoms with Gasteiger partial charge in [0.25, 0.3) is 0 Å². The fourth-order valence-electron chi connectivity index (χ4n) is 12.5. The highest BCUT2D eigenvalue weighted by Gasteiger charge is 2.36. The number of para-hydroxylation sites is 1. The Hall–Kier alpha value is -10.1. The molecular weight excluding hydrogens is 1430 g/mol. The number of aliphatic hydroxyl groups excluding tert-OH is 2. The minimum Gasteiger partial charge on any atom is -0.508 e. The molecule has 4 aromatic rings. The lowest BCUT2D eigenvalue weighted by atomic mass is 9.99. The lowest BCUT2D eigenvalue weighted by Gasteiger charge is -2.28. The van der Waals surface area contributed by atoms with Crippen LogP contribution in [0.5, 0.6) is 5.75 Å². The number of fused-ring (bicyclic) bond motifs is 1. The number of hydrogen-bond donors (Lipinski definition) is 19. The predicted octanol–water partition coefficient (Wildman–Crippen LogP) is 2.01. The molecule has 32 nitrogen and oxygen atoms in total. The van der Waals surface area contributed by atoms with Crippen LogP contribution in [0, 0.1) is 5.92 Å². The number of phenolic OH excluding ortho intramolecular Hbond substituents is 1. The third kappa shape index (κ3) is 36.6. The van der Waals surface area contributed by atoms with Crippen LogP contribution in [0.4, 0.5) is 0 Å². The molecule has 0 radical (unpaired) electrons. The maximum atomic E-state index is 15.0. The zero-order valence-corrected chi connectivity index (χ0v) is 64.7. The van der Waals surface area contributed by atoms with E-state index in [2.05, 4.69) is 70.4 Å². The Morgan fingerprint density at radius 3 is 1.38 bits per heavy atom. The van der Waals surface area contributed by atoms with E-state index >= 15 is 0 Å². The van der Waals surface area contributed by atoms with Crippen molar-refractivity contribution in [3.8, 4) is 5.75 Å². The number of carbonyl (C=O) groups excluding carboxylic acids is 12. The summed E-state index contributed by atoms with van der Waals surface area (Å²) in [7, 11) is 0. The van der Waals surface area contributed by atoms with Crippen LogP contribution >= 0.6 is 0 Å². The van der Waals surface area contributed by atoms with Crippen molar-refractivity contribution < 1.29 is 82.8 Å². The third-order valence-corrected chi connectivity index (χ3v) is 18.8. The molecule has 0 aliphatic rings. The van der Waals surface area contributed by atoms with E-state index in [1.807, 2.05) is 0 Å². The number of amides is 12. The highest BCUT2D eigenvalue weighted by Crippen LogP contribution is 2.21. The second kappa shape index (κ2) is 52.2. The van der Waals surface area contributed by atoms with E-state index in [0.717, 1.165) is 25.7 Å². The number of unbranched alkanes of at least 4 members (excludes halogenated alkanes) is 14. The van der Waals surface area contributed by atoms with Crippen molar-refractivity contribution in [1.82, 2.24) is 63.5 Å². The molecule has 0 saturated heterocycles. The van der Waals surface area contributed by atoms with Gasteiger partial charge >= 0.3 is 5.97 Å². The summed E-state index contributed by atoms with van der Waals surface area (Å²) in [6.07, 6.45) is 14.4. The third-order valence-electron chi connectivity index (χ3n) is 18.8. The van der Waals surface area contributed by atoms with Gasteiger partial charge in [0.2, 0.25) is 70.9 Å². The van der Waals surface area contributed by atoms with Crippen LogP contribution in [-0.4, -0.2) is 196 Å². The molecule has 1 aromatic heterocycles. The van der Waals surface area contributed by atoms with E-state index in [9.17, 15) is 82.8 Å². The van der Waals surface area contributed by atoms with Gasteiger partial charge < -0.3 is 101 Å². The summed E-state index contributed by atoms with van der Waals surface area (Å²) < 4.78 is 0. The molecular formula is C79H121N15O17. The Morgan fingerprint density at radius 1 is 0.432 bits per heavy atom. The number of benzene rings is 3. The number of carboxylic acids is 1. The van der Waals surface area contributed by atoms with Gasteiger partial charge in [0.1, 0.15) is 60.1 Å². The molecule has 1 heterocycles. The zero-order valence-electron chi connectivity index (χ0n) is 64.7. The number of rotatable bonds is 57. The standard InChI is InChI=1S/C79H121N15O17/c1-5-6-7-8-9-10-11-12-13-14-15-16-20-33-66(98)84-47-67(99)87-65(49-95)79(111)90-60(38-39-69(101)102)75(107)89-58(31-23-25-40-80)73(105)88-59(32-24-26-41-81)74(106)92-63(44-53-34-36-55(97)37-35-53)77(109)91-61(42-50(2)3)76(108)93-64(45-54-46-83-57-30-22-21-29-56(54)57)72(104)85-48-68(100)86-62(43-52-27-18-17-19-28-52)78(110)94-70(51(4)96)71(82)103/h17-19,21-22,27-30,34-37,46,50-51,58-65,70,83,95-97H,5-16,20,23-26,31-33,38-45,47-49,80-81H2,1-4H3,(H2,82,103)(H,84,98)(H,85,104)(H,86,100)(H,87,99)(H,88,105)(H,89,107)(H,90,111)(H,91,109)(H,92,106)(H,93,108)(H,94,110)(H,101,102)/t51-,58+,59+,60+,61+,62+,63+,64+,65+,70+/m1/s1. The summed E-state index contributed by atoms with van der Waals surface area (Å²) in [4.78, 5) is 182. The van der Waals surface area contributed by atoms with Crippen molar-refractivity contribution in [2.24, 2.45) is 23.1 Å². The number of H-pyrrole nitrogens is 1. The van der Waals surface area contributed by atoms with Crippen LogP contribution in [-0.2, 0) is 81.6 Å². The lowest BCUT2D eigenvalue weighted by Crippen LogP contribution is -2.61. The summed E-state index contributed by atoms with van der Waals surface area (Å²) in [5, 5.41) is 69.3. The normalized spacial score (nSPS) is 13.9. The van der Waals surface area contributed by atoms with Crippen molar-refractivity contribution in [3.63, 3.8) is 0 Å². The Morgan fingerprint density at radius 2 is 0.865 bits per heavy atom. The van der Waals surface area contributed by atoms with Gasteiger partial charge in [-0.3, -0.25) is 62.3 Å². The van der Waals surface area contributed by atoms with Crippen LogP contribution in [0.25, 0.3) is 10.9 Å². The van der Waals surface area contributed by atoms with E-state index in [1.54, 1.807) is 74.6 Å². The number of aromatic hydroxyl groups is 1. The van der Waals surface area contributed by atoms with Gasteiger partial charge in [-0.15, -0.1) is 0 Å². The minimum absolute atomic E-state index is 0.0349. The fraction of sp³-hybridized carbons (Fsp3) is 0.582. The van der Waals surface area contributed by atoms with Crippen molar-refractivity contribution in [1.29, 1.82) is 0 Å². The van der Waals surface area contributed by atoms with E-state index in [4.69, 9.17) is 17.2 Å². The smallest absolute Gasteiger partial charge is 0.303 e. The van der Waals surface area contributed by atoms with Gasteiger partial charge in [0, 0.05) is 49.2 Å². The maximum absolute atomic E-state index is 15.0. The van der Waals surface area contributed by atoms with Crippen LogP contribution < -0.4 is 75.7 Å². The van der Waals surface area contributed by atoms with Crippen LogP contribution in [0.3, 0.4) is 0 Å². The zero-order chi connectivity index (χ0) is 81.6. The Kier molecular flexibility index (Phi) is 43.9. The first-order valence-electron chi connectivity index (χ1n) is 39.0. The highest BCUT2D eigenvalue weighted by atomic mass is 16.4. The molecule has 0 unspecified atom stereocenters. The molecule has 0 saturated carbocycles. The molecule has 4 rings (SSSR count). The molecule has 0 aliphatic carbocycles. The monoisotopic (exact) mass is 1550 g/mol. The number of carboxylic acid groups (broad SMARTS) is 1. The number of carbonyl (C=O) groups is 13. The first-order chi connectivity index (χ1) is 53.2. The van der Waals surface area contributed by atoms with Crippen molar-refractivity contribution in [2.75, 3.05) is 32.8 Å². The van der Waals surface area contributed by atoms with Crippen molar-refractivity contribution >= 4 is 87.8 Å². The van der Waals surface area contributed by atoms with Gasteiger partial charge in [-0.05, 0) is 119 Å². The summed E-state index contributed by atoms with van der Waals surface area (Å²) >= 11 is 0. The number of nitrogens with one attached hydrogen (secondary N) is 12. The van der Waals surface area contributed by atoms with E-state index in [1.165, 1.54) is 82.6 Å². The van der Waals surface area contributed by atoms with E-state index < -0.39 is 164 Å². The summed E-state index contributed by atoms with van der Waals surface area (Å²) in [5.74, 6) is -12.4. The molecule has 22 N–H and O–H groups in total. The predicted molar refractivity (Wildman–Crippen MR) is 418 cm³/mol. The molecule has 0 bridgehead atoms. The Balaban J connectivity index is 1.54. The average molecular weight is 1550 g/mol. The Bertz CT molecular complexity index is 3580. The molecule has 10 atom stereocenters. The van der Waals surface area contributed by atoms with Crippen molar-refractivity contribution in [3.05, 3.63) is 102 Å². The molecule has 0 fully saturated rings. The van der Waals surface area contributed by atoms with E-state index in [0.29, 0.717) is 46.9 Å². The molecule has 0 spiro atoms. The number of hydrogen-bond acceptors (Lipinski definition) is 18. The second-order valence-corrected chi connectivity index (χ2v) is 28.7. The number of aromatic amines is 1. The first-order valence-corrected chi connectivity index (χ1v) is 39.0. The summed E-state index contributed by atoms with van der Waals surface area (Å²) in [6.45, 7) is 5.10. The number of primary amides is 1.